The molecule has 3 heteroatoms. The Hall–Kier alpha value is -0.630. The molecular formula is C6H7ClFN. The molecule has 0 bridgehead atoms. The Labute approximate surface area is 59.3 Å². The van der Waals surface area contributed by atoms with Gasteiger partial charge in [0.05, 0.1) is 6.20 Å². The van der Waals surface area contributed by atoms with Gasteiger partial charge in [-0.15, -0.1) is 12.4 Å². The van der Waals surface area contributed by atoms with Gasteiger partial charge in [0, 0.05) is 6.20 Å². The molecule has 0 fully saturated rings. The maximum absolute atomic E-state index is 12.3. The van der Waals surface area contributed by atoms with E-state index in [1.54, 1.807) is 19.2 Å². The van der Waals surface area contributed by atoms with Crippen molar-refractivity contribution in [2.45, 2.75) is 6.92 Å². The first-order valence-corrected chi connectivity index (χ1v) is 2.37. The van der Waals surface area contributed by atoms with E-state index >= 15 is 0 Å². The minimum atomic E-state index is -0.243. The van der Waals surface area contributed by atoms with E-state index in [1.165, 1.54) is 6.20 Å². The normalized spacial score (nSPS) is 8.22. The predicted octanol–water partition coefficient (Wildman–Crippen LogP) is 1.95. The molecule has 0 aliphatic rings. The molecule has 0 N–H and O–H groups in total. The highest BCUT2D eigenvalue weighted by Crippen LogP contribution is 1.99. The van der Waals surface area contributed by atoms with Gasteiger partial charge in [-0.05, 0) is 18.6 Å². The third-order valence-electron chi connectivity index (χ3n) is 0.975. The number of nitrogens with zero attached hydrogens (tertiary/aromatic N) is 1. The maximum atomic E-state index is 12.3. The summed E-state index contributed by atoms with van der Waals surface area (Å²) in [6.07, 6.45) is 2.77. The van der Waals surface area contributed by atoms with Gasteiger partial charge in [-0.25, -0.2) is 4.39 Å². The van der Waals surface area contributed by atoms with Crippen LogP contribution >= 0.6 is 12.4 Å². The summed E-state index contributed by atoms with van der Waals surface area (Å²) < 4.78 is 12.3. The zero-order valence-corrected chi connectivity index (χ0v) is 5.78. The Morgan fingerprint density at radius 1 is 1.56 bits per heavy atom. The van der Waals surface area contributed by atoms with Gasteiger partial charge in [0.2, 0.25) is 0 Å². The summed E-state index contributed by atoms with van der Waals surface area (Å²) in [6.45, 7) is 1.71. The first-order valence-electron chi connectivity index (χ1n) is 2.37. The van der Waals surface area contributed by atoms with E-state index in [0.717, 1.165) is 0 Å². The fraction of sp³-hybridized carbons (Fsp3) is 0.167. The molecule has 1 nitrogen and oxygen atoms in total. The molecule has 0 aliphatic carbocycles. The average molecular weight is 148 g/mol. The second-order valence-electron chi connectivity index (χ2n) is 1.62. The van der Waals surface area contributed by atoms with Crippen LogP contribution in [0.1, 0.15) is 5.56 Å². The maximum Gasteiger partial charge on any atom is 0.144 e. The molecule has 1 heterocycles. The van der Waals surface area contributed by atoms with E-state index < -0.39 is 0 Å². The lowest BCUT2D eigenvalue weighted by atomic mass is 10.3. The smallest absolute Gasteiger partial charge is 0.144 e. The van der Waals surface area contributed by atoms with Crippen LogP contribution in [0, 0.1) is 12.7 Å². The molecule has 0 unspecified atom stereocenters. The van der Waals surface area contributed by atoms with Crippen LogP contribution in [0.3, 0.4) is 0 Å². The van der Waals surface area contributed by atoms with E-state index in [2.05, 4.69) is 4.98 Å². The van der Waals surface area contributed by atoms with Gasteiger partial charge in [0.1, 0.15) is 5.82 Å². The number of hydrogen-bond donors (Lipinski definition) is 0. The van der Waals surface area contributed by atoms with Crippen molar-refractivity contribution in [3.05, 3.63) is 29.8 Å². The first kappa shape index (κ1) is 8.37. The molecule has 0 aromatic carbocycles. The van der Waals surface area contributed by atoms with E-state index in [-0.39, 0.29) is 18.2 Å². The minimum Gasteiger partial charge on any atom is -0.262 e. The van der Waals surface area contributed by atoms with Crippen molar-refractivity contribution in [1.82, 2.24) is 4.98 Å². The van der Waals surface area contributed by atoms with Crippen LogP contribution in [0.2, 0.25) is 0 Å². The molecule has 0 saturated carbocycles. The number of pyridine rings is 1. The molecular weight excluding hydrogens is 141 g/mol. The summed E-state index contributed by atoms with van der Waals surface area (Å²) in [4.78, 5) is 3.57. The Morgan fingerprint density at radius 3 is 2.56 bits per heavy atom. The van der Waals surface area contributed by atoms with Crippen LogP contribution in [0.15, 0.2) is 18.5 Å². The van der Waals surface area contributed by atoms with Gasteiger partial charge in [-0.2, -0.15) is 0 Å². The van der Waals surface area contributed by atoms with Gasteiger partial charge in [-0.3, -0.25) is 4.98 Å². The summed E-state index contributed by atoms with van der Waals surface area (Å²) in [7, 11) is 0. The van der Waals surface area contributed by atoms with E-state index in [4.69, 9.17) is 0 Å². The lowest BCUT2D eigenvalue weighted by molar-refractivity contribution is 0.612. The molecule has 0 atom stereocenters. The molecule has 0 spiro atoms. The third kappa shape index (κ3) is 1.98. The SMILES string of the molecule is Cc1ccncc1F.Cl. The van der Waals surface area contributed by atoms with E-state index in [9.17, 15) is 4.39 Å². The number of aromatic nitrogens is 1. The first-order chi connectivity index (χ1) is 3.80. The average Bonchev–Trinajstić information content (AvgIpc) is 1.77. The topological polar surface area (TPSA) is 12.9 Å². The fourth-order valence-corrected chi connectivity index (χ4v) is 0.445. The van der Waals surface area contributed by atoms with Gasteiger partial charge >= 0.3 is 0 Å². The molecule has 0 aliphatic heterocycles. The monoisotopic (exact) mass is 147 g/mol. The standard InChI is InChI=1S/C6H6FN.ClH/c1-5-2-3-8-4-6(5)7;/h2-4H,1H3;1H. The highest BCUT2D eigenvalue weighted by atomic mass is 35.5. The van der Waals surface area contributed by atoms with Crippen LogP contribution in [-0.2, 0) is 0 Å². The Bertz CT molecular complexity index is 169. The summed E-state index contributed by atoms with van der Waals surface area (Å²) in [5, 5.41) is 0. The molecule has 1 aromatic rings. The zero-order valence-electron chi connectivity index (χ0n) is 4.97. The molecule has 0 radical (unpaired) electrons. The summed E-state index contributed by atoms with van der Waals surface area (Å²) in [5.74, 6) is -0.243. The van der Waals surface area contributed by atoms with E-state index in [0.29, 0.717) is 5.56 Å². The summed E-state index contributed by atoms with van der Waals surface area (Å²) in [5.41, 5.74) is 0.639. The Balaban J connectivity index is 0.000000640. The molecule has 0 saturated heterocycles. The molecule has 50 valence electrons. The quantitative estimate of drug-likeness (QED) is 0.547. The van der Waals surface area contributed by atoms with Gasteiger partial charge < -0.3 is 0 Å². The minimum absolute atomic E-state index is 0. The summed E-state index contributed by atoms with van der Waals surface area (Å²) in [6, 6.07) is 1.63. The van der Waals surface area contributed by atoms with Crippen molar-refractivity contribution in [2.24, 2.45) is 0 Å². The van der Waals surface area contributed by atoms with Crippen molar-refractivity contribution >= 4 is 12.4 Å². The second-order valence-corrected chi connectivity index (χ2v) is 1.62. The van der Waals surface area contributed by atoms with Crippen molar-refractivity contribution in [3.8, 4) is 0 Å². The third-order valence-corrected chi connectivity index (χ3v) is 0.975. The number of halogens is 2. The van der Waals surface area contributed by atoms with Crippen molar-refractivity contribution in [3.63, 3.8) is 0 Å². The summed E-state index contributed by atoms with van der Waals surface area (Å²) >= 11 is 0. The lowest BCUT2D eigenvalue weighted by Crippen LogP contribution is -1.80. The number of hydrogen-bond acceptors (Lipinski definition) is 1. The van der Waals surface area contributed by atoms with Crippen LogP contribution < -0.4 is 0 Å². The largest absolute Gasteiger partial charge is 0.262 e. The lowest BCUT2D eigenvalue weighted by Gasteiger charge is -1.88. The van der Waals surface area contributed by atoms with Crippen LogP contribution in [-0.4, -0.2) is 4.98 Å². The predicted molar refractivity (Wildman–Crippen MR) is 36.2 cm³/mol. The highest BCUT2D eigenvalue weighted by Gasteiger charge is 1.89. The Kier molecular flexibility index (Phi) is 3.17. The van der Waals surface area contributed by atoms with Crippen molar-refractivity contribution in [2.75, 3.05) is 0 Å². The van der Waals surface area contributed by atoms with E-state index in [1.807, 2.05) is 0 Å². The highest BCUT2D eigenvalue weighted by molar-refractivity contribution is 5.85. The zero-order chi connectivity index (χ0) is 5.98. The number of rotatable bonds is 0. The van der Waals surface area contributed by atoms with Crippen LogP contribution in [0.25, 0.3) is 0 Å². The number of aryl methyl sites for hydroxylation is 1. The molecule has 1 rings (SSSR count). The fourth-order valence-electron chi connectivity index (χ4n) is 0.445. The molecule has 9 heavy (non-hydrogen) atoms. The second kappa shape index (κ2) is 3.41. The van der Waals surface area contributed by atoms with Crippen LogP contribution in [0.4, 0.5) is 4.39 Å². The molecule has 1 aromatic heterocycles. The Morgan fingerprint density at radius 2 is 2.22 bits per heavy atom. The van der Waals surface area contributed by atoms with Gasteiger partial charge in [-0.1, -0.05) is 0 Å². The van der Waals surface area contributed by atoms with Gasteiger partial charge in [0.15, 0.2) is 0 Å². The van der Waals surface area contributed by atoms with Crippen molar-refractivity contribution < 1.29 is 4.39 Å². The van der Waals surface area contributed by atoms with Gasteiger partial charge in [0.25, 0.3) is 0 Å². The van der Waals surface area contributed by atoms with Crippen molar-refractivity contribution in [1.29, 1.82) is 0 Å². The van der Waals surface area contributed by atoms with Crippen LogP contribution in [0.5, 0.6) is 0 Å². The molecule has 0 amide bonds.